The summed E-state index contributed by atoms with van der Waals surface area (Å²) in [6, 6.07) is 5.84. The molecule has 1 aliphatic heterocycles. The van der Waals surface area contributed by atoms with E-state index < -0.39 is 0 Å². The van der Waals surface area contributed by atoms with Crippen LogP contribution in [0.15, 0.2) is 18.2 Å². The lowest BCUT2D eigenvalue weighted by Crippen LogP contribution is -2.29. The molecule has 5 heteroatoms. The summed E-state index contributed by atoms with van der Waals surface area (Å²) in [7, 11) is 0. The van der Waals surface area contributed by atoms with Gasteiger partial charge in [-0.3, -0.25) is 4.79 Å². The molecule has 4 nitrogen and oxygen atoms in total. The van der Waals surface area contributed by atoms with E-state index in [1.54, 1.807) is 0 Å². The van der Waals surface area contributed by atoms with Crippen LogP contribution in [0.1, 0.15) is 30.4 Å². The van der Waals surface area contributed by atoms with Crippen LogP contribution in [0.5, 0.6) is 0 Å². The minimum atomic E-state index is 0.223. The lowest BCUT2D eigenvalue weighted by atomic mass is 10.1. The number of thiocarbonyl (C=S) groups is 1. The van der Waals surface area contributed by atoms with E-state index >= 15 is 0 Å². The van der Waals surface area contributed by atoms with Gasteiger partial charge in [0.2, 0.25) is 5.91 Å². The third kappa shape index (κ3) is 3.48. The number of benzene rings is 1. The molecular weight excluding hydrogens is 270 g/mol. The van der Waals surface area contributed by atoms with Crippen molar-refractivity contribution in [3.8, 4) is 0 Å². The number of aryl methyl sites for hydroxylation is 1. The van der Waals surface area contributed by atoms with Crippen molar-refractivity contribution in [2.45, 2.75) is 26.2 Å². The molecule has 20 heavy (non-hydrogen) atoms. The fourth-order valence-electron chi connectivity index (χ4n) is 2.53. The third-order valence-electron chi connectivity index (χ3n) is 3.64. The van der Waals surface area contributed by atoms with Crippen LogP contribution >= 0.6 is 12.2 Å². The fraction of sp³-hybridized carbons (Fsp3) is 0.467. The van der Waals surface area contributed by atoms with E-state index in [4.69, 9.17) is 18.0 Å². The average Bonchev–Trinajstić information content (AvgIpc) is 2.94. The van der Waals surface area contributed by atoms with Crippen LogP contribution in [-0.4, -0.2) is 35.4 Å². The summed E-state index contributed by atoms with van der Waals surface area (Å²) in [5.74, 6) is 0.223. The van der Waals surface area contributed by atoms with E-state index in [2.05, 4.69) is 5.32 Å². The normalized spacial score (nSPS) is 14.3. The summed E-state index contributed by atoms with van der Waals surface area (Å²) in [6.07, 6.45) is 2.76. The van der Waals surface area contributed by atoms with Gasteiger partial charge in [0.1, 0.15) is 4.99 Å². The first kappa shape index (κ1) is 14.8. The molecule has 3 N–H and O–H groups in total. The van der Waals surface area contributed by atoms with E-state index in [-0.39, 0.29) is 5.91 Å². The number of hydrogen-bond donors (Lipinski definition) is 2. The van der Waals surface area contributed by atoms with Gasteiger partial charge in [-0.2, -0.15) is 0 Å². The van der Waals surface area contributed by atoms with Gasteiger partial charge in [-0.1, -0.05) is 24.4 Å². The van der Waals surface area contributed by atoms with Crippen molar-refractivity contribution in [1.29, 1.82) is 0 Å². The first-order chi connectivity index (χ1) is 9.59. The van der Waals surface area contributed by atoms with Gasteiger partial charge < -0.3 is 16.0 Å². The summed E-state index contributed by atoms with van der Waals surface area (Å²) in [6.45, 7) is 4.42. The predicted octanol–water partition coefficient (Wildman–Crippen LogP) is 2.05. The van der Waals surface area contributed by atoms with Crippen LogP contribution in [-0.2, 0) is 4.79 Å². The molecule has 1 aromatic rings. The quantitative estimate of drug-likeness (QED) is 0.815. The van der Waals surface area contributed by atoms with Crippen molar-refractivity contribution in [1.82, 2.24) is 4.90 Å². The molecule has 0 radical (unpaired) electrons. The largest absolute Gasteiger partial charge is 0.389 e. The van der Waals surface area contributed by atoms with Crippen molar-refractivity contribution in [3.05, 3.63) is 29.3 Å². The van der Waals surface area contributed by atoms with Gasteiger partial charge in [-0.25, -0.2) is 0 Å². The molecule has 108 valence electrons. The van der Waals surface area contributed by atoms with Crippen molar-refractivity contribution in [3.63, 3.8) is 0 Å². The summed E-state index contributed by atoms with van der Waals surface area (Å²) in [5.41, 5.74) is 8.60. The Morgan fingerprint density at radius 1 is 1.40 bits per heavy atom. The standard InChI is InChI=1S/C15H21N3OS/c1-11-5-4-6-12(15(16)20)14(11)17-8-7-13(19)18-9-2-3-10-18/h4-6,17H,2-3,7-10H2,1H3,(H2,16,20). The number of carbonyl (C=O) groups is 1. The zero-order valence-electron chi connectivity index (χ0n) is 11.8. The van der Waals surface area contributed by atoms with E-state index in [0.29, 0.717) is 18.0 Å². The number of anilines is 1. The van der Waals surface area contributed by atoms with Crippen LogP contribution in [0, 0.1) is 6.92 Å². The van der Waals surface area contributed by atoms with Gasteiger partial charge in [-0.15, -0.1) is 0 Å². The van der Waals surface area contributed by atoms with Gasteiger partial charge in [0, 0.05) is 37.3 Å². The predicted molar refractivity (Wildman–Crippen MR) is 86.0 cm³/mol. The van der Waals surface area contributed by atoms with Crippen molar-refractivity contribution in [2.75, 3.05) is 25.0 Å². The number of para-hydroxylation sites is 1. The Bertz CT molecular complexity index is 510. The number of likely N-dealkylation sites (tertiary alicyclic amines) is 1. The van der Waals surface area contributed by atoms with Crippen LogP contribution in [0.2, 0.25) is 0 Å². The number of nitrogens with one attached hydrogen (secondary N) is 1. The Hall–Kier alpha value is -1.62. The minimum absolute atomic E-state index is 0.223. The Balaban J connectivity index is 1.93. The Labute approximate surface area is 125 Å². The average molecular weight is 291 g/mol. The van der Waals surface area contributed by atoms with Gasteiger partial charge in [0.05, 0.1) is 0 Å². The first-order valence-corrected chi connectivity index (χ1v) is 7.41. The summed E-state index contributed by atoms with van der Waals surface area (Å²) >= 11 is 5.06. The zero-order valence-corrected chi connectivity index (χ0v) is 12.6. The molecule has 0 spiro atoms. The van der Waals surface area contributed by atoms with E-state index in [1.165, 1.54) is 0 Å². The Morgan fingerprint density at radius 3 is 2.75 bits per heavy atom. The summed E-state index contributed by atoms with van der Waals surface area (Å²) in [5, 5.41) is 3.30. The van der Waals surface area contributed by atoms with Gasteiger partial charge in [0.25, 0.3) is 0 Å². The highest BCUT2D eigenvalue weighted by atomic mass is 32.1. The highest BCUT2D eigenvalue weighted by Crippen LogP contribution is 2.20. The number of nitrogens with two attached hydrogens (primary N) is 1. The summed E-state index contributed by atoms with van der Waals surface area (Å²) in [4.78, 5) is 14.3. The van der Waals surface area contributed by atoms with Crippen LogP contribution < -0.4 is 11.1 Å². The maximum Gasteiger partial charge on any atom is 0.224 e. The van der Waals surface area contributed by atoms with Crippen LogP contribution in [0.4, 0.5) is 5.69 Å². The van der Waals surface area contributed by atoms with Gasteiger partial charge >= 0.3 is 0 Å². The second kappa shape index (κ2) is 6.70. The molecule has 1 aromatic carbocycles. The molecule has 0 saturated carbocycles. The molecule has 1 heterocycles. The highest BCUT2D eigenvalue weighted by Gasteiger charge is 2.17. The molecule has 0 unspecified atom stereocenters. The van der Waals surface area contributed by atoms with Gasteiger partial charge in [0.15, 0.2) is 0 Å². The molecule has 1 saturated heterocycles. The minimum Gasteiger partial charge on any atom is -0.389 e. The maximum absolute atomic E-state index is 12.0. The van der Waals surface area contributed by atoms with E-state index in [9.17, 15) is 4.79 Å². The second-order valence-corrected chi connectivity index (χ2v) is 5.57. The molecular formula is C15H21N3OS. The van der Waals surface area contributed by atoms with Crippen molar-refractivity contribution >= 4 is 28.8 Å². The molecule has 1 amide bonds. The van der Waals surface area contributed by atoms with Crippen LogP contribution in [0.3, 0.4) is 0 Å². The van der Waals surface area contributed by atoms with Crippen molar-refractivity contribution < 1.29 is 4.79 Å². The lowest BCUT2D eigenvalue weighted by Gasteiger charge is -2.17. The maximum atomic E-state index is 12.0. The fourth-order valence-corrected chi connectivity index (χ4v) is 2.70. The highest BCUT2D eigenvalue weighted by molar-refractivity contribution is 7.80. The number of carbonyl (C=O) groups excluding carboxylic acids is 1. The van der Waals surface area contributed by atoms with E-state index in [0.717, 1.165) is 42.7 Å². The molecule has 0 aromatic heterocycles. The molecule has 0 aliphatic carbocycles. The second-order valence-electron chi connectivity index (χ2n) is 5.13. The summed E-state index contributed by atoms with van der Waals surface area (Å²) < 4.78 is 0. The van der Waals surface area contributed by atoms with E-state index in [1.807, 2.05) is 30.0 Å². The smallest absolute Gasteiger partial charge is 0.224 e. The third-order valence-corrected chi connectivity index (χ3v) is 3.86. The van der Waals surface area contributed by atoms with Crippen LogP contribution in [0.25, 0.3) is 0 Å². The number of rotatable bonds is 5. The first-order valence-electron chi connectivity index (χ1n) is 7.00. The SMILES string of the molecule is Cc1cccc(C(N)=S)c1NCCC(=O)N1CCCC1. The molecule has 1 aliphatic rings. The van der Waals surface area contributed by atoms with Crippen molar-refractivity contribution in [2.24, 2.45) is 5.73 Å². The zero-order chi connectivity index (χ0) is 14.5. The number of hydrogen-bond acceptors (Lipinski definition) is 3. The topological polar surface area (TPSA) is 58.4 Å². The number of nitrogens with zero attached hydrogens (tertiary/aromatic N) is 1. The molecule has 1 fully saturated rings. The molecule has 2 rings (SSSR count). The molecule has 0 bridgehead atoms. The Morgan fingerprint density at radius 2 is 2.10 bits per heavy atom. The Kier molecular flexibility index (Phi) is 4.95. The van der Waals surface area contributed by atoms with Gasteiger partial charge in [-0.05, 0) is 31.4 Å². The lowest BCUT2D eigenvalue weighted by molar-refractivity contribution is -0.129. The monoisotopic (exact) mass is 291 g/mol. The molecule has 0 atom stereocenters. The number of amides is 1.